The number of hydrogen-bond acceptors (Lipinski definition) is 5. The highest BCUT2D eigenvalue weighted by Gasteiger charge is 2.13. The molecule has 2 heterocycles. The number of carbonyl (C=O) groups is 1. The minimum atomic E-state index is -0.147. The number of thiophene rings is 1. The van der Waals surface area contributed by atoms with Gasteiger partial charge in [0.15, 0.2) is 0 Å². The molecule has 0 fully saturated rings. The van der Waals surface area contributed by atoms with E-state index >= 15 is 0 Å². The first-order chi connectivity index (χ1) is 11.9. The Hall–Kier alpha value is -2.51. The summed E-state index contributed by atoms with van der Waals surface area (Å²) < 4.78 is 0. The van der Waals surface area contributed by atoms with Crippen LogP contribution in [0.4, 0.5) is 0 Å². The average molecular weight is 356 g/mol. The monoisotopic (exact) mass is 356 g/mol. The molecule has 25 heavy (non-hydrogen) atoms. The number of benzene rings is 1. The Bertz CT molecular complexity index is 947. The van der Waals surface area contributed by atoms with Gasteiger partial charge in [-0.05, 0) is 18.7 Å². The van der Waals surface area contributed by atoms with Crippen molar-refractivity contribution in [2.75, 3.05) is 27.7 Å². The molecule has 0 atom stereocenters. The Labute approximate surface area is 149 Å². The number of rotatable bonds is 5. The zero-order chi connectivity index (χ0) is 18.0. The third-order valence-corrected chi connectivity index (χ3v) is 4.91. The molecule has 0 bridgehead atoms. The largest absolute Gasteiger partial charge is 0.348 e. The van der Waals surface area contributed by atoms with Gasteiger partial charge in [0, 0.05) is 19.0 Å². The van der Waals surface area contributed by atoms with Crippen LogP contribution in [-0.2, 0) is 11.3 Å². The van der Waals surface area contributed by atoms with E-state index in [1.807, 2.05) is 48.3 Å². The molecule has 130 valence electrons. The minimum Gasteiger partial charge on any atom is -0.348 e. The number of nitrogens with one attached hydrogen (secondary N) is 1. The lowest BCUT2D eigenvalue weighted by Gasteiger charge is -2.18. The number of hydrogen-bond donors (Lipinski definition) is 1. The fourth-order valence-corrected chi connectivity index (χ4v) is 3.54. The molecule has 1 amide bonds. The van der Waals surface area contributed by atoms with Crippen LogP contribution < -0.4 is 5.56 Å². The average Bonchev–Trinajstić information content (AvgIpc) is 3.00. The molecule has 0 aliphatic rings. The molecule has 2 aromatic heterocycles. The highest BCUT2D eigenvalue weighted by molar-refractivity contribution is 7.21. The van der Waals surface area contributed by atoms with Crippen LogP contribution in [0.5, 0.6) is 0 Å². The lowest BCUT2D eigenvalue weighted by atomic mass is 10.2. The standard InChI is InChI=1S/C18H20N4O2S/c1-21(2)16(23)11-22(3)10-15-19-17(24)13-9-14(25-18(13)20-15)12-7-5-4-6-8-12/h4-9H,10-11H2,1-3H3,(H,19,20,24). The molecule has 1 aromatic carbocycles. The van der Waals surface area contributed by atoms with E-state index in [1.165, 1.54) is 11.3 Å². The molecule has 1 N–H and O–H groups in total. The first-order valence-electron chi connectivity index (χ1n) is 7.91. The summed E-state index contributed by atoms with van der Waals surface area (Å²) in [5.74, 6) is 0.571. The van der Waals surface area contributed by atoms with Crippen LogP contribution in [0.25, 0.3) is 20.7 Å². The molecule has 0 saturated carbocycles. The van der Waals surface area contributed by atoms with Gasteiger partial charge in [0.1, 0.15) is 10.7 Å². The predicted molar refractivity (Wildman–Crippen MR) is 101 cm³/mol. The molecule has 6 nitrogen and oxygen atoms in total. The van der Waals surface area contributed by atoms with Gasteiger partial charge in [0.2, 0.25) is 5.91 Å². The second-order valence-corrected chi connectivity index (χ2v) is 7.20. The molecule has 0 radical (unpaired) electrons. The van der Waals surface area contributed by atoms with Crippen molar-refractivity contribution in [1.29, 1.82) is 0 Å². The van der Waals surface area contributed by atoms with Crippen LogP contribution in [0.2, 0.25) is 0 Å². The number of likely N-dealkylation sites (N-methyl/N-ethyl adjacent to an activating group) is 2. The maximum absolute atomic E-state index is 12.4. The van der Waals surface area contributed by atoms with Crippen LogP contribution in [0.3, 0.4) is 0 Å². The molecule has 0 aliphatic carbocycles. The number of nitrogens with zero attached hydrogens (tertiary/aromatic N) is 3. The molecule has 0 spiro atoms. The summed E-state index contributed by atoms with van der Waals surface area (Å²) in [7, 11) is 5.27. The van der Waals surface area contributed by atoms with Gasteiger partial charge in [-0.1, -0.05) is 30.3 Å². The van der Waals surface area contributed by atoms with Crippen LogP contribution in [0, 0.1) is 0 Å². The van der Waals surface area contributed by atoms with Crippen molar-refractivity contribution in [2.45, 2.75) is 6.54 Å². The first kappa shape index (κ1) is 17.3. The molecular weight excluding hydrogens is 336 g/mol. The van der Waals surface area contributed by atoms with E-state index in [-0.39, 0.29) is 18.0 Å². The van der Waals surface area contributed by atoms with Crippen LogP contribution in [0.1, 0.15) is 5.82 Å². The summed E-state index contributed by atoms with van der Waals surface area (Å²) in [5, 5.41) is 0.597. The zero-order valence-corrected chi connectivity index (χ0v) is 15.3. The van der Waals surface area contributed by atoms with Crippen molar-refractivity contribution in [2.24, 2.45) is 0 Å². The summed E-state index contributed by atoms with van der Waals surface area (Å²) in [6.45, 7) is 0.678. The van der Waals surface area contributed by atoms with E-state index in [1.54, 1.807) is 19.0 Å². The van der Waals surface area contributed by atoms with Crippen molar-refractivity contribution >= 4 is 27.5 Å². The summed E-state index contributed by atoms with van der Waals surface area (Å²) in [6.07, 6.45) is 0. The molecular formula is C18H20N4O2S. The second-order valence-electron chi connectivity index (χ2n) is 6.17. The zero-order valence-electron chi connectivity index (χ0n) is 14.4. The Kier molecular flexibility index (Phi) is 4.96. The number of fused-ring (bicyclic) bond motifs is 1. The lowest BCUT2D eigenvalue weighted by molar-refractivity contribution is -0.129. The smallest absolute Gasteiger partial charge is 0.259 e. The van der Waals surface area contributed by atoms with Crippen molar-refractivity contribution in [3.05, 3.63) is 52.6 Å². The van der Waals surface area contributed by atoms with Crippen LogP contribution in [0.15, 0.2) is 41.2 Å². The first-order valence-corrected chi connectivity index (χ1v) is 8.72. The Morgan fingerprint density at radius 3 is 2.60 bits per heavy atom. The van der Waals surface area contributed by atoms with Gasteiger partial charge in [-0.15, -0.1) is 11.3 Å². The van der Waals surface area contributed by atoms with Gasteiger partial charge in [0.05, 0.1) is 18.5 Å². The highest BCUT2D eigenvalue weighted by atomic mass is 32.1. The lowest BCUT2D eigenvalue weighted by Crippen LogP contribution is -2.34. The summed E-state index contributed by atoms with van der Waals surface area (Å²) in [6, 6.07) is 11.8. The maximum atomic E-state index is 12.4. The van der Waals surface area contributed by atoms with Gasteiger partial charge < -0.3 is 9.88 Å². The molecule has 3 aromatic rings. The van der Waals surface area contributed by atoms with E-state index in [0.29, 0.717) is 22.6 Å². The normalized spacial score (nSPS) is 11.2. The maximum Gasteiger partial charge on any atom is 0.259 e. The fourth-order valence-electron chi connectivity index (χ4n) is 2.48. The van der Waals surface area contributed by atoms with Crippen molar-refractivity contribution in [3.8, 4) is 10.4 Å². The van der Waals surface area contributed by atoms with Gasteiger partial charge in [-0.2, -0.15) is 0 Å². The summed E-state index contributed by atoms with van der Waals surface area (Å²) >= 11 is 1.50. The SMILES string of the molecule is CN(CC(=O)N(C)C)Cc1nc2sc(-c3ccccc3)cc2c(=O)[nH]1. The van der Waals surface area contributed by atoms with E-state index < -0.39 is 0 Å². The third-order valence-electron chi connectivity index (χ3n) is 3.83. The highest BCUT2D eigenvalue weighted by Crippen LogP contribution is 2.30. The predicted octanol–water partition coefficient (Wildman–Crippen LogP) is 2.17. The number of aromatic amines is 1. The van der Waals surface area contributed by atoms with E-state index in [4.69, 9.17) is 0 Å². The van der Waals surface area contributed by atoms with Crippen molar-refractivity contribution < 1.29 is 4.79 Å². The Balaban J connectivity index is 1.86. The van der Waals surface area contributed by atoms with E-state index in [0.717, 1.165) is 10.4 Å². The van der Waals surface area contributed by atoms with Crippen LogP contribution in [-0.4, -0.2) is 53.4 Å². The molecule has 7 heteroatoms. The van der Waals surface area contributed by atoms with E-state index in [9.17, 15) is 9.59 Å². The van der Waals surface area contributed by atoms with Gasteiger partial charge in [0.25, 0.3) is 5.56 Å². The van der Waals surface area contributed by atoms with Gasteiger partial charge >= 0.3 is 0 Å². The molecule has 3 rings (SSSR count). The van der Waals surface area contributed by atoms with Gasteiger partial charge in [-0.3, -0.25) is 14.5 Å². The number of amides is 1. The number of carbonyl (C=O) groups excluding carboxylic acids is 1. The van der Waals surface area contributed by atoms with Crippen molar-refractivity contribution in [1.82, 2.24) is 19.8 Å². The molecule has 0 unspecified atom stereocenters. The topological polar surface area (TPSA) is 69.3 Å². The molecule has 0 saturated heterocycles. The second kappa shape index (κ2) is 7.16. The third kappa shape index (κ3) is 3.94. The van der Waals surface area contributed by atoms with Crippen LogP contribution >= 0.6 is 11.3 Å². The minimum absolute atomic E-state index is 0.00779. The summed E-state index contributed by atoms with van der Waals surface area (Å²) in [5.41, 5.74) is 0.922. The van der Waals surface area contributed by atoms with E-state index in [2.05, 4.69) is 9.97 Å². The summed E-state index contributed by atoms with van der Waals surface area (Å²) in [4.78, 5) is 36.6. The quantitative estimate of drug-likeness (QED) is 0.761. The number of H-pyrrole nitrogens is 1. The van der Waals surface area contributed by atoms with Gasteiger partial charge in [-0.25, -0.2) is 4.98 Å². The number of aromatic nitrogens is 2. The Morgan fingerprint density at radius 2 is 1.92 bits per heavy atom. The fraction of sp³-hybridized carbons (Fsp3) is 0.278. The Morgan fingerprint density at radius 1 is 1.20 bits per heavy atom. The molecule has 0 aliphatic heterocycles. The van der Waals surface area contributed by atoms with Crippen molar-refractivity contribution in [3.63, 3.8) is 0 Å².